The first-order valence-electron chi connectivity index (χ1n) is 17.1. The first-order chi connectivity index (χ1) is 20.2. The average Bonchev–Trinajstić information content (AvgIpc) is 3.33. The molecule has 0 aliphatic heterocycles. The monoisotopic (exact) mass is 570 g/mol. The van der Waals surface area contributed by atoms with Crippen LogP contribution in [0.15, 0.2) is 47.1 Å². The predicted octanol–water partition coefficient (Wildman–Crippen LogP) is 10.1. The summed E-state index contributed by atoms with van der Waals surface area (Å²) < 4.78 is 6.39. The minimum Gasteiger partial charge on any atom is -0.506 e. The fourth-order valence-electron chi connectivity index (χ4n) is 10.4. The highest BCUT2D eigenvalue weighted by Crippen LogP contribution is 2.67. The number of rotatable bonds is 9. The number of phenolic OH excluding ortho intramolecular Hbond substituents is 1. The SMILES string of the molecule is CC(C)CCC[C@@H](C)[C@H]1CCC2C3CC=C4C[C@@H](OC/C=N/c5ccc(O)c6ncccc56)CC[C@]4(C)C3CC[C@@]21C. The van der Waals surface area contributed by atoms with Crippen LogP contribution < -0.4 is 0 Å². The predicted molar refractivity (Wildman–Crippen MR) is 174 cm³/mol. The third-order valence-electron chi connectivity index (χ3n) is 12.6. The van der Waals surface area contributed by atoms with Crippen molar-refractivity contribution in [3.8, 4) is 5.75 Å². The van der Waals surface area contributed by atoms with E-state index in [1.54, 1.807) is 17.8 Å². The van der Waals surface area contributed by atoms with Gasteiger partial charge < -0.3 is 9.84 Å². The molecule has 4 heteroatoms. The number of nitrogens with zero attached hydrogens (tertiary/aromatic N) is 2. The molecule has 1 heterocycles. The molecule has 0 saturated heterocycles. The highest BCUT2D eigenvalue weighted by Gasteiger charge is 2.59. The zero-order valence-electron chi connectivity index (χ0n) is 26.8. The minimum absolute atomic E-state index is 0.191. The van der Waals surface area contributed by atoms with Crippen molar-refractivity contribution in [1.29, 1.82) is 0 Å². The quantitative estimate of drug-likeness (QED) is 0.241. The molecule has 4 nitrogen and oxygen atoms in total. The lowest BCUT2D eigenvalue weighted by Crippen LogP contribution is -2.51. The Labute approximate surface area is 254 Å². The molecule has 2 aromatic rings. The molecule has 1 aromatic heterocycles. The van der Waals surface area contributed by atoms with Crippen LogP contribution >= 0.6 is 0 Å². The van der Waals surface area contributed by atoms with E-state index in [2.05, 4.69) is 50.7 Å². The van der Waals surface area contributed by atoms with E-state index >= 15 is 0 Å². The van der Waals surface area contributed by atoms with Crippen LogP contribution in [-0.2, 0) is 4.74 Å². The summed E-state index contributed by atoms with van der Waals surface area (Å²) in [5.74, 6) is 5.47. The number of hydrogen-bond donors (Lipinski definition) is 1. The number of aromatic nitrogens is 1. The molecule has 1 N–H and O–H groups in total. The number of pyridine rings is 1. The highest BCUT2D eigenvalue weighted by atomic mass is 16.5. The van der Waals surface area contributed by atoms with Gasteiger partial charge in [-0.15, -0.1) is 0 Å². The number of aliphatic imine (C=N–C) groups is 1. The fraction of sp³-hybridized carbons (Fsp3) is 0.684. The Balaban J connectivity index is 1.07. The molecule has 0 amide bonds. The third-order valence-corrected chi connectivity index (χ3v) is 12.6. The van der Waals surface area contributed by atoms with E-state index in [-0.39, 0.29) is 11.9 Å². The Morgan fingerprint density at radius 2 is 1.90 bits per heavy atom. The van der Waals surface area contributed by atoms with Crippen LogP contribution in [0, 0.1) is 46.3 Å². The van der Waals surface area contributed by atoms with Crippen LogP contribution in [-0.4, -0.2) is 29.0 Å². The summed E-state index contributed by atoms with van der Waals surface area (Å²) in [6.45, 7) is 13.2. The van der Waals surface area contributed by atoms with Gasteiger partial charge in [-0.2, -0.15) is 0 Å². The average molecular weight is 571 g/mol. The second kappa shape index (κ2) is 12.1. The van der Waals surface area contributed by atoms with E-state index in [0.29, 0.717) is 23.0 Å². The van der Waals surface area contributed by atoms with Gasteiger partial charge >= 0.3 is 0 Å². The third kappa shape index (κ3) is 5.46. The van der Waals surface area contributed by atoms with Gasteiger partial charge in [-0.25, -0.2) is 0 Å². The number of phenols is 1. The molecular weight excluding hydrogens is 516 g/mol. The Morgan fingerprint density at radius 3 is 2.74 bits per heavy atom. The maximum absolute atomic E-state index is 10.1. The van der Waals surface area contributed by atoms with Crippen LogP contribution in [0.25, 0.3) is 10.9 Å². The lowest BCUT2D eigenvalue weighted by Gasteiger charge is -2.58. The van der Waals surface area contributed by atoms with Crippen molar-refractivity contribution in [2.75, 3.05) is 6.61 Å². The van der Waals surface area contributed by atoms with Gasteiger partial charge in [-0.1, -0.05) is 65.5 Å². The Morgan fingerprint density at radius 1 is 1.05 bits per heavy atom. The zero-order valence-corrected chi connectivity index (χ0v) is 26.8. The van der Waals surface area contributed by atoms with E-state index < -0.39 is 0 Å². The number of allylic oxidation sites excluding steroid dienone is 1. The van der Waals surface area contributed by atoms with Gasteiger partial charge in [0.25, 0.3) is 0 Å². The molecule has 0 spiro atoms. The molecule has 228 valence electrons. The number of aromatic hydroxyl groups is 1. The molecule has 3 saturated carbocycles. The summed E-state index contributed by atoms with van der Waals surface area (Å²) in [5, 5.41) is 11.0. The van der Waals surface area contributed by atoms with Crippen molar-refractivity contribution < 1.29 is 9.84 Å². The van der Waals surface area contributed by atoms with E-state index in [0.717, 1.165) is 59.4 Å². The van der Waals surface area contributed by atoms with E-state index in [9.17, 15) is 5.11 Å². The van der Waals surface area contributed by atoms with Crippen molar-refractivity contribution >= 4 is 22.8 Å². The van der Waals surface area contributed by atoms with Crippen molar-refractivity contribution in [2.45, 2.75) is 111 Å². The summed E-state index contributed by atoms with van der Waals surface area (Å²) in [6, 6.07) is 7.35. The van der Waals surface area contributed by atoms with Gasteiger partial charge in [0.05, 0.1) is 18.4 Å². The normalized spacial score (nSPS) is 35.2. The van der Waals surface area contributed by atoms with Crippen molar-refractivity contribution in [2.24, 2.45) is 51.3 Å². The molecule has 0 radical (unpaired) electrons. The molecule has 42 heavy (non-hydrogen) atoms. The van der Waals surface area contributed by atoms with Crippen molar-refractivity contribution in [1.82, 2.24) is 4.98 Å². The Bertz CT molecular complexity index is 1320. The molecule has 6 rings (SSSR count). The molecule has 4 aliphatic rings. The van der Waals surface area contributed by atoms with Crippen LogP contribution in [0.5, 0.6) is 5.75 Å². The summed E-state index contributed by atoms with van der Waals surface area (Å²) in [7, 11) is 0. The largest absolute Gasteiger partial charge is 0.506 e. The standard InChI is InChI=1S/C38H54N2O2/c1-25(2)8-6-9-26(3)31-13-14-32-29-12-11-27-24-28(17-19-37(27,4)33(29)18-20-38(31,32)5)42-23-22-39-34-15-16-35(41)36-30(34)10-7-21-40-36/h7,10-11,15-16,21-22,25-26,28-29,31-33,41H,6,8-9,12-14,17-20,23-24H2,1-5H3/b39-22+/t26-,28+,29?,31-,32?,33?,37+,38-/m1/s1. The second-order valence-electron chi connectivity index (χ2n) is 15.3. The van der Waals surface area contributed by atoms with Gasteiger partial charge in [0.15, 0.2) is 0 Å². The first kappa shape index (κ1) is 29.9. The van der Waals surface area contributed by atoms with Gasteiger partial charge in [0.1, 0.15) is 11.3 Å². The number of hydrogen-bond acceptors (Lipinski definition) is 4. The minimum atomic E-state index is 0.191. The maximum Gasteiger partial charge on any atom is 0.141 e. The second-order valence-corrected chi connectivity index (χ2v) is 15.3. The summed E-state index contributed by atoms with van der Waals surface area (Å²) in [6.07, 6.45) is 21.3. The van der Waals surface area contributed by atoms with E-state index in [1.807, 2.05) is 24.4 Å². The van der Waals surface area contributed by atoms with Gasteiger partial charge in [0, 0.05) is 17.8 Å². The van der Waals surface area contributed by atoms with Crippen LogP contribution in [0.3, 0.4) is 0 Å². The molecule has 3 fully saturated rings. The van der Waals surface area contributed by atoms with Crippen LogP contribution in [0.2, 0.25) is 0 Å². The van der Waals surface area contributed by atoms with Crippen LogP contribution in [0.1, 0.15) is 105 Å². The smallest absolute Gasteiger partial charge is 0.141 e. The number of fused-ring (bicyclic) bond motifs is 6. The maximum atomic E-state index is 10.1. The number of ether oxygens (including phenoxy) is 1. The first-order valence-corrected chi connectivity index (χ1v) is 17.1. The molecule has 1 aromatic carbocycles. The molecule has 0 bridgehead atoms. The van der Waals surface area contributed by atoms with Crippen LogP contribution in [0.4, 0.5) is 5.69 Å². The van der Waals surface area contributed by atoms with E-state index in [4.69, 9.17) is 4.74 Å². The molecule has 8 atom stereocenters. The summed E-state index contributed by atoms with van der Waals surface area (Å²) in [5.41, 5.74) is 4.01. The molecule has 3 unspecified atom stereocenters. The zero-order chi connectivity index (χ0) is 29.5. The summed E-state index contributed by atoms with van der Waals surface area (Å²) >= 11 is 0. The van der Waals surface area contributed by atoms with Crippen molar-refractivity contribution in [3.63, 3.8) is 0 Å². The Kier molecular flexibility index (Phi) is 8.57. The lowest BCUT2D eigenvalue weighted by molar-refractivity contribution is -0.0614. The number of benzene rings is 1. The lowest BCUT2D eigenvalue weighted by atomic mass is 9.47. The topological polar surface area (TPSA) is 54.7 Å². The van der Waals surface area contributed by atoms with Crippen molar-refractivity contribution in [3.05, 3.63) is 42.1 Å². The Hall–Kier alpha value is -2.20. The van der Waals surface area contributed by atoms with E-state index in [1.165, 1.54) is 57.8 Å². The summed E-state index contributed by atoms with van der Waals surface area (Å²) in [4.78, 5) is 8.98. The molecular formula is C38H54N2O2. The fourth-order valence-corrected chi connectivity index (χ4v) is 10.4. The highest BCUT2D eigenvalue weighted by molar-refractivity contribution is 5.94. The van der Waals surface area contributed by atoms with Gasteiger partial charge in [0.2, 0.25) is 0 Å². The molecule has 4 aliphatic carbocycles. The van der Waals surface area contributed by atoms with Gasteiger partial charge in [-0.05, 0) is 122 Å². The van der Waals surface area contributed by atoms with Gasteiger partial charge in [-0.3, -0.25) is 9.98 Å².